The number of carbonyl (C=O) groups is 1. The molecule has 0 atom stereocenters. The summed E-state index contributed by atoms with van der Waals surface area (Å²) >= 11 is 0. The highest BCUT2D eigenvalue weighted by Crippen LogP contribution is 1.93. The third-order valence-corrected chi connectivity index (χ3v) is 1.72. The molecule has 0 unspecified atom stereocenters. The Labute approximate surface area is 81.6 Å². The molecule has 82 valence electrons. The summed E-state index contributed by atoms with van der Waals surface area (Å²) < 4.78 is 0. The quantitative estimate of drug-likeness (QED) is 0.392. The van der Waals surface area contributed by atoms with Crippen molar-refractivity contribution in [3.05, 3.63) is 0 Å². The number of nitrogens with zero attached hydrogens (tertiary/aromatic N) is 1. The van der Waals surface area contributed by atoms with Gasteiger partial charge < -0.3 is 25.7 Å². The maximum absolute atomic E-state index is 11.0. The number of nitrogens with one attached hydrogen (secondary N) is 2. The molecule has 0 saturated carbocycles. The number of carbonyl (C=O) groups excluding carboxylic acids is 1. The fourth-order valence-corrected chi connectivity index (χ4v) is 1.06. The molecule has 1 aliphatic heterocycles. The summed E-state index contributed by atoms with van der Waals surface area (Å²) in [4.78, 5) is 15.9. The van der Waals surface area contributed by atoms with Crippen LogP contribution in [0.4, 0.5) is 4.79 Å². The number of hydroxylamine groups is 2. The molecular formula is C7H15N3O4. The molecule has 0 spiro atoms. The zero-order valence-corrected chi connectivity index (χ0v) is 7.77. The Hall–Kier alpha value is -0.890. The Morgan fingerprint density at radius 3 is 2.71 bits per heavy atom. The van der Waals surface area contributed by atoms with Gasteiger partial charge in [0.15, 0.2) is 6.29 Å². The van der Waals surface area contributed by atoms with E-state index in [1.807, 2.05) is 0 Å². The van der Waals surface area contributed by atoms with Crippen LogP contribution in [0.3, 0.4) is 0 Å². The van der Waals surface area contributed by atoms with Gasteiger partial charge in [0.25, 0.3) is 0 Å². The van der Waals surface area contributed by atoms with E-state index in [0.29, 0.717) is 13.1 Å². The summed E-state index contributed by atoms with van der Waals surface area (Å²) in [6, 6.07) is 0. The van der Waals surface area contributed by atoms with Gasteiger partial charge in [0.1, 0.15) is 0 Å². The normalized spacial score (nSPS) is 18.2. The fraction of sp³-hybridized carbons (Fsp3) is 0.857. The first-order chi connectivity index (χ1) is 6.68. The maximum atomic E-state index is 11.0. The summed E-state index contributed by atoms with van der Waals surface area (Å²) in [7, 11) is 0. The van der Waals surface area contributed by atoms with E-state index in [1.165, 1.54) is 5.06 Å². The molecule has 1 heterocycles. The Morgan fingerprint density at radius 1 is 1.50 bits per heavy atom. The first-order valence-electron chi connectivity index (χ1n) is 4.46. The lowest BCUT2D eigenvalue weighted by Gasteiger charge is -2.25. The van der Waals surface area contributed by atoms with Crippen molar-refractivity contribution in [1.29, 1.82) is 0 Å². The van der Waals surface area contributed by atoms with Gasteiger partial charge in [-0.2, -0.15) is 0 Å². The fourth-order valence-electron chi connectivity index (χ4n) is 1.06. The smallest absolute Gasteiger partial charge is 0.367 e. The number of hydrogen-bond acceptors (Lipinski definition) is 6. The molecule has 7 nitrogen and oxygen atoms in total. The zero-order valence-electron chi connectivity index (χ0n) is 7.77. The van der Waals surface area contributed by atoms with Gasteiger partial charge in [0.05, 0.1) is 6.54 Å². The van der Waals surface area contributed by atoms with Gasteiger partial charge in [-0.15, -0.1) is 5.06 Å². The lowest BCUT2D eigenvalue weighted by atomic mass is 10.4. The van der Waals surface area contributed by atoms with E-state index >= 15 is 0 Å². The molecule has 0 radical (unpaired) electrons. The topological polar surface area (TPSA) is 94.1 Å². The summed E-state index contributed by atoms with van der Waals surface area (Å²) in [5.41, 5.74) is 0. The molecule has 4 N–H and O–H groups in total. The van der Waals surface area contributed by atoms with Crippen LogP contribution in [0, 0.1) is 0 Å². The minimum absolute atomic E-state index is 0.231. The van der Waals surface area contributed by atoms with Crippen molar-refractivity contribution in [3.8, 4) is 0 Å². The number of rotatable bonds is 3. The monoisotopic (exact) mass is 205 g/mol. The number of aliphatic hydroxyl groups is 2. The lowest BCUT2D eigenvalue weighted by molar-refractivity contribution is -0.109. The predicted molar refractivity (Wildman–Crippen MR) is 47.2 cm³/mol. The van der Waals surface area contributed by atoms with E-state index < -0.39 is 12.4 Å². The molecule has 1 saturated heterocycles. The standard InChI is InChI=1S/C7H15N3O4/c11-6(12)5-9-7(13)14-10-3-1-8-2-4-10/h6,8,11-12H,1-5H2,(H,9,13). The second kappa shape index (κ2) is 5.76. The number of piperazine rings is 1. The predicted octanol–water partition coefficient (Wildman–Crippen LogP) is -2.16. The number of aliphatic hydroxyl groups excluding tert-OH is 1. The molecule has 0 aromatic heterocycles. The third-order valence-electron chi connectivity index (χ3n) is 1.72. The maximum Gasteiger partial charge on any atom is 0.426 e. The van der Waals surface area contributed by atoms with Crippen molar-refractivity contribution in [3.63, 3.8) is 0 Å². The Kier molecular flexibility index (Phi) is 4.60. The van der Waals surface area contributed by atoms with Crippen molar-refractivity contribution in [2.24, 2.45) is 0 Å². The van der Waals surface area contributed by atoms with Gasteiger partial charge >= 0.3 is 6.09 Å². The van der Waals surface area contributed by atoms with E-state index in [-0.39, 0.29) is 6.54 Å². The van der Waals surface area contributed by atoms with E-state index in [4.69, 9.17) is 15.1 Å². The van der Waals surface area contributed by atoms with Crippen LogP contribution in [-0.4, -0.2) is 60.4 Å². The van der Waals surface area contributed by atoms with Crippen LogP contribution in [0.2, 0.25) is 0 Å². The van der Waals surface area contributed by atoms with E-state index in [1.54, 1.807) is 0 Å². The minimum Gasteiger partial charge on any atom is -0.367 e. The van der Waals surface area contributed by atoms with E-state index in [9.17, 15) is 4.79 Å². The summed E-state index contributed by atoms with van der Waals surface area (Å²) in [5, 5.41) is 23.8. The van der Waals surface area contributed by atoms with Crippen LogP contribution in [0.1, 0.15) is 0 Å². The summed E-state index contributed by atoms with van der Waals surface area (Å²) in [6.45, 7) is 2.58. The van der Waals surface area contributed by atoms with Gasteiger partial charge in [-0.05, 0) is 0 Å². The van der Waals surface area contributed by atoms with Crippen molar-refractivity contribution in [2.75, 3.05) is 32.7 Å². The van der Waals surface area contributed by atoms with Crippen LogP contribution < -0.4 is 10.6 Å². The highest BCUT2D eigenvalue weighted by molar-refractivity contribution is 5.66. The highest BCUT2D eigenvalue weighted by Gasteiger charge is 2.14. The van der Waals surface area contributed by atoms with Crippen LogP contribution in [0.15, 0.2) is 0 Å². The summed E-state index contributed by atoms with van der Waals surface area (Å²) in [6.07, 6.45) is -2.22. The first kappa shape index (κ1) is 11.2. The molecule has 0 aromatic rings. The largest absolute Gasteiger partial charge is 0.426 e. The zero-order chi connectivity index (χ0) is 10.4. The molecule has 1 amide bonds. The first-order valence-corrected chi connectivity index (χ1v) is 4.46. The second-order valence-corrected chi connectivity index (χ2v) is 2.92. The molecule has 0 bridgehead atoms. The van der Waals surface area contributed by atoms with Gasteiger partial charge in [0.2, 0.25) is 0 Å². The molecule has 7 heteroatoms. The molecule has 0 aromatic carbocycles. The van der Waals surface area contributed by atoms with Gasteiger partial charge in [-0.25, -0.2) is 4.79 Å². The van der Waals surface area contributed by atoms with Gasteiger partial charge in [-0.1, -0.05) is 0 Å². The molecule has 14 heavy (non-hydrogen) atoms. The van der Waals surface area contributed by atoms with Crippen molar-refractivity contribution in [1.82, 2.24) is 15.7 Å². The molecular weight excluding hydrogens is 190 g/mol. The Balaban J connectivity index is 2.12. The van der Waals surface area contributed by atoms with Crippen LogP contribution in [-0.2, 0) is 4.84 Å². The van der Waals surface area contributed by atoms with Crippen molar-refractivity contribution < 1.29 is 19.8 Å². The highest BCUT2D eigenvalue weighted by atomic mass is 16.7. The Bertz CT molecular complexity index is 182. The molecule has 1 fully saturated rings. The SMILES string of the molecule is O=C(NCC(O)O)ON1CCNCC1. The van der Waals surface area contributed by atoms with Crippen LogP contribution >= 0.6 is 0 Å². The van der Waals surface area contributed by atoms with Gasteiger partial charge in [-0.3, -0.25) is 0 Å². The second-order valence-electron chi connectivity index (χ2n) is 2.92. The number of hydrogen-bond donors (Lipinski definition) is 4. The lowest BCUT2D eigenvalue weighted by Crippen LogP contribution is -2.46. The molecule has 1 aliphatic rings. The van der Waals surface area contributed by atoms with Crippen LogP contribution in [0.5, 0.6) is 0 Å². The average molecular weight is 205 g/mol. The summed E-state index contributed by atoms with van der Waals surface area (Å²) in [5.74, 6) is 0. The van der Waals surface area contributed by atoms with Crippen molar-refractivity contribution in [2.45, 2.75) is 6.29 Å². The molecule has 1 rings (SSSR count). The molecule has 0 aliphatic carbocycles. The van der Waals surface area contributed by atoms with E-state index in [0.717, 1.165) is 13.1 Å². The minimum atomic E-state index is -1.55. The Morgan fingerprint density at radius 2 is 2.14 bits per heavy atom. The van der Waals surface area contributed by atoms with Crippen molar-refractivity contribution >= 4 is 6.09 Å². The number of amides is 1. The third kappa shape index (κ3) is 4.38. The van der Waals surface area contributed by atoms with Gasteiger partial charge in [0, 0.05) is 26.2 Å². The average Bonchev–Trinajstić information content (AvgIpc) is 2.16. The van der Waals surface area contributed by atoms with E-state index in [2.05, 4.69) is 10.6 Å². The van der Waals surface area contributed by atoms with Crippen LogP contribution in [0.25, 0.3) is 0 Å².